The van der Waals surface area contributed by atoms with E-state index in [9.17, 15) is 4.79 Å². The first-order valence-corrected chi connectivity index (χ1v) is 4.21. The van der Waals surface area contributed by atoms with E-state index in [1.165, 1.54) is 0 Å². The fourth-order valence-corrected chi connectivity index (χ4v) is 0.827. The molecule has 0 atom stereocenters. The van der Waals surface area contributed by atoms with Crippen LogP contribution in [0.1, 0.15) is 0 Å². The first-order valence-electron chi connectivity index (χ1n) is 3.34. The average molecular weight is 204 g/mol. The Balaban J connectivity index is 2.59. The van der Waals surface area contributed by atoms with Crippen molar-refractivity contribution in [2.24, 2.45) is 0 Å². The lowest BCUT2D eigenvalue weighted by Crippen LogP contribution is -2.18. The molecule has 0 fully saturated rings. The first kappa shape index (κ1) is 9.36. The fraction of sp³-hybridized carbons (Fsp3) is 0.125. The van der Waals surface area contributed by atoms with Crippen LogP contribution in [-0.4, -0.2) is 10.7 Å². The maximum Gasteiger partial charge on any atom is 0.257 e. The van der Waals surface area contributed by atoms with E-state index in [-0.39, 0.29) is 0 Å². The van der Waals surface area contributed by atoms with Crippen LogP contribution >= 0.6 is 23.2 Å². The van der Waals surface area contributed by atoms with E-state index in [2.05, 4.69) is 5.32 Å². The van der Waals surface area contributed by atoms with Gasteiger partial charge in [0, 0.05) is 5.69 Å². The van der Waals surface area contributed by atoms with E-state index in [0.717, 1.165) is 0 Å². The van der Waals surface area contributed by atoms with Crippen molar-refractivity contribution in [2.75, 3.05) is 5.32 Å². The number of benzene rings is 1. The molecule has 0 heterocycles. The molecule has 1 N–H and O–H groups in total. The van der Waals surface area contributed by atoms with E-state index >= 15 is 0 Å². The molecule has 1 aromatic rings. The number of amides is 1. The van der Waals surface area contributed by atoms with Gasteiger partial charge in [-0.2, -0.15) is 0 Å². The minimum absolute atomic E-state index is 0.412. The second-order valence-electron chi connectivity index (χ2n) is 2.16. The molecule has 1 aromatic carbocycles. The van der Waals surface area contributed by atoms with Crippen molar-refractivity contribution in [3.8, 4) is 0 Å². The zero-order valence-corrected chi connectivity index (χ0v) is 7.64. The Morgan fingerprint density at radius 2 is 1.83 bits per heavy atom. The van der Waals surface area contributed by atoms with Crippen LogP contribution in [0.4, 0.5) is 5.69 Å². The van der Waals surface area contributed by atoms with Crippen molar-refractivity contribution >= 4 is 34.8 Å². The molecule has 0 saturated carbocycles. The van der Waals surface area contributed by atoms with Crippen molar-refractivity contribution in [2.45, 2.75) is 4.84 Å². The van der Waals surface area contributed by atoms with Gasteiger partial charge in [0.15, 0.2) is 4.84 Å². The molecule has 12 heavy (non-hydrogen) atoms. The van der Waals surface area contributed by atoms with Gasteiger partial charge < -0.3 is 5.32 Å². The number of anilines is 1. The molecule has 0 spiro atoms. The van der Waals surface area contributed by atoms with Gasteiger partial charge in [-0.25, -0.2) is 0 Å². The summed E-state index contributed by atoms with van der Waals surface area (Å²) in [4.78, 5) is 9.91. The van der Waals surface area contributed by atoms with Gasteiger partial charge in [0.1, 0.15) is 0 Å². The summed E-state index contributed by atoms with van der Waals surface area (Å²) in [6.45, 7) is 0. The lowest BCUT2D eigenvalue weighted by Gasteiger charge is -2.03. The molecule has 0 bridgehead atoms. The first-order chi connectivity index (χ1) is 5.70. The molecule has 1 rings (SSSR count). The molecule has 0 aliphatic carbocycles. The number of carbonyl (C=O) groups is 1. The van der Waals surface area contributed by atoms with Crippen molar-refractivity contribution in [1.82, 2.24) is 0 Å². The van der Waals surface area contributed by atoms with Gasteiger partial charge in [0.2, 0.25) is 0 Å². The summed E-state index contributed by atoms with van der Waals surface area (Å²) in [7, 11) is 0. The molecular formula is C8H7Cl2NO. The van der Waals surface area contributed by atoms with Crippen molar-refractivity contribution in [3.63, 3.8) is 0 Å². The molecular weight excluding hydrogens is 197 g/mol. The Kier molecular flexibility index (Phi) is 3.38. The molecule has 1 amide bonds. The highest BCUT2D eigenvalue weighted by Crippen LogP contribution is 2.09. The van der Waals surface area contributed by atoms with Gasteiger partial charge in [-0.15, -0.1) is 0 Å². The largest absolute Gasteiger partial charge is 0.324 e. The summed E-state index contributed by atoms with van der Waals surface area (Å²) in [5.41, 5.74) is 0.689. The lowest BCUT2D eigenvalue weighted by atomic mass is 10.3. The minimum Gasteiger partial charge on any atom is -0.324 e. The van der Waals surface area contributed by atoms with Gasteiger partial charge in [-0.1, -0.05) is 41.4 Å². The van der Waals surface area contributed by atoms with Crippen LogP contribution in [0.15, 0.2) is 30.3 Å². The molecule has 4 heteroatoms. The van der Waals surface area contributed by atoms with Gasteiger partial charge >= 0.3 is 0 Å². The van der Waals surface area contributed by atoms with Crippen LogP contribution in [0.2, 0.25) is 0 Å². The van der Waals surface area contributed by atoms with Gasteiger partial charge in [-0.3, -0.25) is 4.79 Å². The number of carbonyl (C=O) groups excluding carboxylic acids is 1. The van der Waals surface area contributed by atoms with Crippen LogP contribution in [0.5, 0.6) is 0 Å². The van der Waals surface area contributed by atoms with E-state index in [1.54, 1.807) is 12.1 Å². The summed E-state index contributed by atoms with van der Waals surface area (Å²) in [5, 5.41) is 2.54. The standard InChI is InChI=1S/C8H7Cl2NO/c9-7(10)8(12)11-6-4-2-1-3-5-6/h1-5,7H,(H,11,12). The molecule has 0 aliphatic heterocycles. The second-order valence-corrected chi connectivity index (χ2v) is 3.25. The van der Waals surface area contributed by atoms with Crippen LogP contribution < -0.4 is 5.32 Å². The molecule has 64 valence electrons. The molecule has 0 aromatic heterocycles. The zero-order valence-electron chi connectivity index (χ0n) is 6.13. The SMILES string of the molecule is O=C(Nc1ccccc1)C(Cl)Cl. The zero-order chi connectivity index (χ0) is 8.97. The normalized spacial score (nSPS) is 9.92. The van der Waals surface area contributed by atoms with Crippen LogP contribution in [0.25, 0.3) is 0 Å². The predicted octanol–water partition coefficient (Wildman–Crippen LogP) is 2.43. The monoisotopic (exact) mass is 203 g/mol. The highest BCUT2D eigenvalue weighted by atomic mass is 35.5. The van der Waals surface area contributed by atoms with E-state index in [1.807, 2.05) is 18.2 Å². The Labute approximate surface area is 80.5 Å². The Hall–Kier alpha value is -0.730. The minimum atomic E-state index is -1.02. The summed E-state index contributed by atoms with van der Waals surface area (Å²) < 4.78 is 0. The lowest BCUT2D eigenvalue weighted by molar-refractivity contribution is -0.114. The third-order valence-corrected chi connectivity index (χ3v) is 1.64. The van der Waals surface area contributed by atoms with Gasteiger partial charge in [0.25, 0.3) is 5.91 Å². The third kappa shape index (κ3) is 2.72. The molecule has 2 nitrogen and oxygen atoms in total. The highest BCUT2D eigenvalue weighted by Gasteiger charge is 2.10. The van der Waals surface area contributed by atoms with Gasteiger partial charge in [-0.05, 0) is 12.1 Å². The Morgan fingerprint density at radius 1 is 1.25 bits per heavy atom. The summed E-state index contributed by atoms with van der Waals surface area (Å²) in [5.74, 6) is -0.412. The Bertz CT molecular complexity index is 261. The number of halogens is 2. The number of alkyl halides is 2. The molecule has 0 aliphatic rings. The van der Waals surface area contributed by atoms with Crippen LogP contribution in [-0.2, 0) is 4.79 Å². The number of para-hydroxylation sites is 1. The van der Waals surface area contributed by atoms with Crippen LogP contribution in [0.3, 0.4) is 0 Å². The third-order valence-electron chi connectivity index (χ3n) is 1.24. The molecule has 0 saturated heterocycles. The summed E-state index contributed by atoms with van der Waals surface area (Å²) in [6.07, 6.45) is 0. The quantitative estimate of drug-likeness (QED) is 0.736. The van der Waals surface area contributed by atoms with E-state index in [0.29, 0.717) is 5.69 Å². The highest BCUT2D eigenvalue weighted by molar-refractivity contribution is 6.54. The number of rotatable bonds is 2. The maximum atomic E-state index is 10.9. The maximum absolute atomic E-state index is 10.9. The van der Waals surface area contributed by atoms with E-state index in [4.69, 9.17) is 23.2 Å². The van der Waals surface area contributed by atoms with Gasteiger partial charge in [0.05, 0.1) is 0 Å². The molecule has 0 radical (unpaired) electrons. The number of nitrogens with one attached hydrogen (secondary N) is 1. The van der Waals surface area contributed by atoms with Crippen molar-refractivity contribution in [3.05, 3.63) is 30.3 Å². The van der Waals surface area contributed by atoms with Crippen molar-refractivity contribution < 1.29 is 4.79 Å². The van der Waals surface area contributed by atoms with E-state index < -0.39 is 10.7 Å². The fourth-order valence-electron chi connectivity index (χ4n) is 0.718. The predicted molar refractivity (Wildman–Crippen MR) is 50.6 cm³/mol. The van der Waals surface area contributed by atoms with Crippen molar-refractivity contribution in [1.29, 1.82) is 0 Å². The van der Waals surface area contributed by atoms with Crippen LogP contribution in [0, 0.1) is 0 Å². The molecule has 0 unspecified atom stereocenters. The average Bonchev–Trinajstić information content (AvgIpc) is 2.06. The topological polar surface area (TPSA) is 29.1 Å². The number of hydrogen-bond donors (Lipinski definition) is 1. The Morgan fingerprint density at radius 3 is 2.33 bits per heavy atom. The summed E-state index contributed by atoms with van der Waals surface area (Å²) in [6, 6.07) is 9.00. The summed E-state index contributed by atoms with van der Waals surface area (Å²) >= 11 is 10.7. The smallest absolute Gasteiger partial charge is 0.257 e. The second kappa shape index (κ2) is 4.33. The number of hydrogen-bond acceptors (Lipinski definition) is 1.